The number of aromatic nitrogens is 2. The highest BCUT2D eigenvalue weighted by molar-refractivity contribution is 7.94. The molecule has 0 amide bonds. The molecule has 0 atom stereocenters. The molecule has 21 heavy (non-hydrogen) atoms. The van der Waals surface area contributed by atoms with Gasteiger partial charge < -0.3 is 4.52 Å². The Morgan fingerprint density at radius 2 is 1.95 bits per heavy atom. The lowest BCUT2D eigenvalue weighted by molar-refractivity contribution is 0.425. The summed E-state index contributed by atoms with van der Waals surface area (Å²) >= 11 is 1.17. The Balaban J connectivity index is 1.82. The van der Waals surface area contributed by atoms with Gasteiger partial charge in [0.15, 0.2) is 5.82 Å². The van der Waals surface area contributed by atoms with Crippen molar-refractivity contribution in [3.05, 3.63) is 47.6 Å². The highest BCUT2D eigenvalue weighted by Crippen LogP contribution is 2.23. The molecule has 6 nitrogen and oxygen atoms in total. The first-order valence-corrected chi connectivity index (χ1v) is 8.38. The van der Waals surface area contributed by atoms with Gasteiger partial charge in [0.05, 0.1) is 0 Å². The van der Waals surface area contributed by atoms with Gasteiger partial charge in [-0.2, -0.15) is 4.98 Å². The number of nitrogens with zero attached hydrogens (tertiary/aromatic N) is 2. The van der Waals surface area contributed by atoms with Crippen molar-refractivity contribution in [3.8, 4) is 11.5 Å². The molecule has 8 heteroatoms. The summed E-state index contributed by atoms with van der Waals surface area (Å²) in [7, 11) is -3.53. The van der Waals surface area contributed by atoms with Crippen molar-refractivity contribution >= 4 is 27.0 Å². The lowest BCUT2D eigenvalue weighted by atomic mass is 10.2. The van der Waals surface area contributed by atoms with E-state index in [1.165, 1.54) is 11.3 Å². The summed E-state index contributed by atoms with van der Waals surface area (Å²) < 4.78 is 32.0. The van der Waals surface area contributed by atoms with Crippen molar-refractivity contribution in [3.63, 3.8) is 0 Å². The van der Waals surface area contributed by atoms with E-state index in [9.17, 15) is 8.42 Å². The molecule has 3 rings (SSSR count). The van der Waals surface area contributed by atoms with E-state index in [0.29, 0.717) is 17.4 Å². The molecule has 1 N–H and O–H groups in total. The molecule has 0 bridgehead atoms. The average molecular weight is 321 g/mol. The molecule has 1 aromatic carbocycles. The molecule has 0 fully saturated rings. The zero-order chi connectivity index (χ0) is 14.9. The SMILES string of the molecule is Cc1noc(-c2ccc(NS(=O)(=O)c3cccs3)cc2)n1. The normalized spacial score (nSPS) is 11.5. The highest BCUT2D eigenvalue weighted by atomic mass is 32.2. The smallest absolute Gasteiger partial charge is 0.271 e. The van der Waals surface area contributed by atoms with Crippen molar-refractivity contribution in [2.75, 3.05) is 4.72 Å². The Bertz CT molecular complexity index is 837. The van der Waals surface area contributed by atoms with Gasteiger partial charge in [-0.25, -0.2) is 8.42 Å². The number of benzene rings is 1. The van der Waals surface area contributed by atoms with Gasteiger partial charge >= 0.3 is 0 Å². The van der Waals surface area contributed by atoms with E-state index in [1.807, 2.05) is 0 Å². The summed E-state index contributed by atoms with van der Waals surface area (Å²) in [6.07, 6.45) is 0. The molecule has 108 valence electrons. The van der Waals surface area contributed by atoms with E-state index >= 15 is 0 Å². The van der Waals surface area contributed by atoms with Gasteiger partial charge in [0, 0.05) is 11.3 Å². The fourth-order valence-electron chi connectivity index (χ4n) is 1.72. The largest absolute Gasteiger partial charge is 0.334 e. The molecule has 0 aliphatic heterocycles. The Hall–Kier alpha value is -2.19. The fourth-order valence-corrected chi connectivity index (χ4v) is 3.77. The number of rotatable bonds is 4. The molecule has 2 aromatic heterocycles. The first kappa shape index (κ1) is 13.8. The molecule has 0 spiro atoms. The van der Waals surface area contributed by atoms with Gasteiger partial charge in [-0.1, -0.05) is 11.2 Å². The van der Waals surface area contributed by atoms with Crippen LogP contribution < -0.4 is 4.72 Å². The molecular weight excluding hydrogens is 310 g/mol. The Morgan fingerprint density at radius 1 is 1.19 bits per heavy atom. The van der Waals surface area contributed by atoms with Crippen LogP contribution in [0.3, 0.4) is 0 Å². The molecule has 0 aliphatic carbocycles. The molecule has 0 aliphatic rings. The second-order valence-electron chi connectivity index (χ2n) is 4.26. The summed E-state index contributed by atoms with van der Waals surface area (Å²) in [4.78, 5) is 4.11. The van der Waals surface area contributed by atoms with Crippen LogP contribution in [0.5, 0.6) is 0 Å². The maximum Gasteiger partial charge on any atom is 0.271 e. The van der Waals surface area contributed by atoms with Crippen molar-refractivity contribution in [2.45, 2.75) is 11.1 Å². The Labute approximate surface area is 125 Å². The quantitative estimate of drug-likeness (QED) is 0.798. The van der Waals surface area contributed by atoms with Gasteiger partial charge in [0.1, 0.15) is 4.21 Å². The fraction of sp³-hybridized carbons (Fsp3) is 0.0769. The number of sulfonamides is 1. The number of nitrogens with one attached hydrogen (secondary N) is 1. The van der Waals surface area contributed by atoms with Crippen LogP contribution in [0.25, 0.3) is 11.5 Å². The second kappa shape index (κ2) is 5.30. The highest BCUT2D eigenvalue weighted by Gasteiger charge is 2.15. The Morgan fingerprint density at radius 3 is 2.52 bits per heavy atom. The van der Waals surface area contributed by atoms with Crippen LogP contribution in [0.2, 0.25) is 0 Å². The predicted molar refractivity (Wildman–Crippen MR) is 79.6 cm³/mol. The number of thiophene rings is 1. The molecule has 3 aromatic rings. The maximum absolute atomic E-state index is 12.1. The van der Waals surface area contributed by atoms with Crippen LogP contribution in [0, 0.1) is 6.92 Å². The van der Waals surface area contributed by atoms with Gasteiger partial charge in [0.25, 0.3) is 15.9 Å². The van der Waals surface area contributed by atoms with Crippen LogP contribution in [-0.2, 0) is 10.0 Å². The lowest BCUT2D eigenvalue weighted by Gasteiger charge is -2.06. The molecule has 0 saturated carbocycles. The topological polar surface area (TPSA) is 85.1 Å². The van der Waals surface area contributed by atoms with Crippen LogP contribution in [0.15, 0.2) is 50.5 Å². The molecule has 0 saturated heterocycles. The van der Waals surface area contributed by atoms with Crippen LogP contribution >= 0.6 is 11.3 Å². The summed E-state index contributed by atoms with van der Waals surface area (Å²) in [5, 5.41) is 5.43. The van der Waals surface area contributed by atoms with E-state index in [4.69, 9.17) is 4.52 Å². The number of hydrogen-bond acceptors (Lipinski definition) is 6. The van der Waals surface area contributed by atoms with Gasteiger partial charge in [0.2, 0.25) is 0 Å². The number of anilines is 1. The third-order valence-corrected chi connectivity index (χ3v) is 5.45. The first-order valence-electron chi connectivity index (χ1n) is 6.02. The minimum atomic E-state index is -3.53. The molecule has 2 heterocycles. The second-order valence-corrected chi connectivity index (χ2v) is 7.12. The van der Waals surface area contributed by atoms with Crippen molar-refractivity contribution < 1.29 is 12.9 Å². The van der Waals surface area contributed by atoms with Crippen molar-refractivity contribution in [2.24, 2.45) is 0 Å². The van der Waals surface area contributed by atoms with Crippen molar-refractivity contribution in [1.82, 2.24) is 10.1 Å². The lowest BCUT2D eigenvalue weighted by Crippen LogP contribution is -2.11. The van der Waals surface area contributed by atoms with Crippen LogP contribution in [-0.4, -0.2) is 18.6 Å². The summed E-state index contributed by atoms with van der Waals surface area (Å²) in [5.74, 6) is 0.952. The van der Waals surface area contributed by atoms with Crippen molar-refractivity contribution in [1.29, 1.82) is 0 Å². The monoisotopic (exact) mass is 321 g/mol. The number of hydrogen-bond donors (Lipinski definition) is 1. The van der Waals surface area contributed by atoms with Gasteiger partial charge in [-0.05, 0) is 42.6 Å². The third-order valence-electron chi connectivity index (χ3n) is 2.67. The van der Waals surface area contributed by atoms with E-state index in [2.05, 4.69) is 14.9 Å². The average Bonchev–Trinajstić information content (AvgIpc) is 3.10. The summed E-state index contributed by atoms with van der Waals surface area (Å²) in [5.41, 5.74) is 1.21. The Kier molecular flexibility index (Phi) is 3.48. The molecule has 0 radical (unpaired) electrons. The van der Waals surface area contributed by atoms with E-state index in [1.54, 1.807) is 48.7 Å². The molecule has 0 unspecified atom stereocenters. The standard InChI is InChI=1S/C13H11N3O3S2/c1-9-14-13(19-15-9)10-4-6-11(7-5-10)16-21(17,18)12-3-2-8-20-12/h2-8,16H,1H3. The zero-order valence-electron chi connectivity index (χ0n) is 11.0. The maximum atomic E-state index is 12.1. The zero-order valence-corrected chi connectivity index (χ0v) is 12.6. The van der Waals surface area contributed by atoms with E-state index in [0.717, 1.165) is 5.56 Å². The van der Waals surface area contributed by atoms with E-state index in [-0.39, 0.29) is 4.21 Å². The summed E-state index contributed by atoms with van der Waals surface area (Å²) in [6.45, 7) is 1.73. The third kappa shape index (κ3) is 2.96. The van der Waals surface area contributed by atoms with E-state index < -0.39 is 10.0 Å². The predicted octanol–water partition coefficient (Wildman–Crippen LogP) is 2.91. The minimum absolute atomic E-state index is 0.277. The van der Waals surface area contributed by atoms with Gasteiger partial charge in [-0.15, -0.1) is 11.3 Å². The number of aryl methyl sites for hydroxylation is 1. The minimum Gasteiger partial charge on any atom is -0.334 e. The molecular formula is C13H11N3O3S2. The first-order chi connectivity index (χ1) is 10.0. The summed E-state index contributed by atoms with van der Waals surface area (Å²) in [6, 6.07) is 10.0. The van der Waals surface area contributed by atoms with Crippen LogP contribution in [0.1, 0.15) is 5.82 Å². The van der Waals surface area contributed by atoms with Gasteiger partial charge in [-0.3, -0.25) is 4.72 Å². The van der Waals surface area contributed by atoms with Crippen LogP contribution in [0.4, 0.5) is 5.69 Å².